The van der Waals surface area contributed by atoms with Gasteiger partial charge in [-0.15, -0.1) is 0 Å². The summed E-state index contributed by atoms with van der Waals surface area (Å²) in [5.41, 5.74) is 0.966. The van der Waals surface area contributed by atoms with Crippen molar-refractivity contribution in [1.82, 2.24) is 15.5 Å². The summed E-state index contributed by atoms with van der Waals surface area (Å²) in [6, 6.07) is 3.99. The predicted octanol–water partition coefficient (Wildman–Crippen LogP) is 1.89. The van der Waals surface area contributed by atoms with Crippen LogP contribution in [0.25, 0.3) is 0 Å². The zero-order valence-corrected chi connectivity index (χ0v) is 16.0. The molecular formula is C21H28FN3O3. The number of carbonyl (C=O) groups is 2. The molecule has 0 aromatic heterocycles. The molecule has 4 rings (SSSR count). The highest BCUT2D eigenvalue weighted by atomic mass is 19.1. The van der Waals surface area contributed by atoms with Crippen LogP contribution >= 0.6 is 0 Å². The summed E-state index contributed by atoms with van der Waals surface area (Å²) < 4.78 is 13.6. The largest absolute Gasteiger partial charge is 0.508 e. The van der Waals surface area contributed by atoms with Crippen molar-refractivity contribution < 1.29 is 19.1 Å². The lowest BCUT2D eigenvalue weighted by Crippen LogP contribution is -2.49. The molecule has 152 valence electrons. The number of carbonyl (C=O) groups excluding carboxylic acids is 2. The summed E-state index contributed by atoms with van der Waals surface area (Å²) in [5, 5.41) is 16.0. The lowest BCUT2D eigenvalue weighted by molar-refractivity contribution is -0.146. The summed E-state index contributed by atoms with van der Waals surface area (Å²) in [5.74, 6) is -1.33. The third kappa shape index (κ3) is 4.29. The van der Waals surface area contributed by atoms with Gasteiger partial charge >= 0.3 is 11.8 Å². The maximum atomic E-state index is 13.6. The summed E-state index contributed by atoms with van der Waals surface area (Å²) in [4.78, 5) is 26.5. The van der Waals surface area contributed by atoms with E-state index in [1.54, 1.807) is 4.90 Å². The van der Waals surface area contributed by atoms with Crippen LogP contribution in [0.4, 0.5) is 4.39 Å². The lowest BCUT2D eigenvalue weighted by Gasteiger charge is -2.33. The molecule has 3 aliphatic rings. The number of phenols is 1. The highest BCUT2D eigenvalue weighted by Crippen LogP contribution is 2.43. The monoisotopic (exact) mass is 389 g/mol. The van der Waals surface area contributed by atoms with E-state index in [0.29, 0.717) is 36.7 Å². The van der Waals surface area contributed by atoms with E-state index in [0.717, 1.165) is 38.3 Å². The fourth-order valence-corrected chi connectivity index (χ4v) is 4.70. The third-order valence-corrected chi connectivity index (χ3v) is 6.42. The van der Waals surface area contributed by atoms with Gasteiger partial charge in [0.05, 0.1) is 0 Å². The molecule has 3 N–H and O–H groups in total. The van der Waals surface area contributed by atoms with Crippen molar-refractivity contribution in [2.24, 2.45) is 5.92 Å². The number of halogens is 1. The Hall–Kier alpha value is -2.15. The second-order valence-corrected chi connectivity index (χ2v) is 8.61. The minimum atomic E-state index is -0.550. The van der Waals surface area contributed by atoms with Crippen LogP contribution in [0.1, 0.15) is 50.0 Å². The van der Waals surface area contributed by atoms with Crippen molar-refractivity contribution in [3.05, 3.63) is 29.6 Å². The van der Waals surface area contributed by atoms with E-state index in [2.05, 4.69) is 10.6 Å². The van der Waals surface area contributed by atoms with Crippen LogP contribution in [-0.4, -0.2) is 53.5 Å². The number of nitrogens with one attached hydrogen (secondary N) is 2. The van der Waals surface area contributed by atoms with E-state index in [9.17, 15) is 19.1 Å². The molecular weight excluding hydrogens is 361 g/mol. The predicted molar refractivity (Wildman–Crippen MR) is 102 cm³/mol. The van der Waals surface area contributed by atoms with Gasteiger partial charge in [-0.2, -0.15) is 0 Å². The fourth-order valence-electron chi connectivity index (χ4n) is 4.70. The Kier molecular flexibility index (Phi) is 5.27. The van der Waals surface area contributed by atoms with Crippen molar-refractivity contribution in [1.29, 1.82) is 0 Å². The third-order valence-electron chi connectivity index (χ3n) is 6.42. The zero-order valence-electron chi connectivity index (χ0n) is 16.0. The number of likely N-dealkylation sites (tertiary alicyclic amines) is 1. The Balaban J connectivity index is 1.31. The molecule has 0 bridgehead atoms. The Labute approximate surface area is 164 Å². The van der Waals surface area contributed by atoms with E-state index in [4.69, 9.17) is 0 Å². The topological polar surface area (TPSA) is 81.7 Å². The lowest BCUT2D eigenvalue weighted by atomic mass is 9.90. The van der Waals surface area contributed by atoms with Crippen LogP contribution in [0, 0.1) is 11.7 Å². The SMILES string of the molecule is O=C(NCC1CCNC2(CC2)C1)C(=O)N1CCCC(c2cc(O)cc(F)c2)C1. The Morgan fingerprint density at radius 1 is 1.29 bits per heavy atom. The highest BCUT2D eigenvalue weighted by molar-refractivity contribution is 6.35. The molecule has 1 aromatic carbocycles. The standard InChI is InChI=1S/C21H28FN3O3/c22-17-8-16(9-18(26)10-17)15-2-1-7-25(13-15)20(28)19(27)23-12-14-3-6-24-21(11-14)4-5-21/h8-10,14-15,24,26H,1-7,11-13H2,(H,23,27). The van der Waals surface area contributed by atoms with Crippen molar-refractivity contribution in [3.8, 4) is 5.75 Å². The molecule has 2 heterocycles. The van der Waals surface area contributed by atoms with Gasteiger partial charge in [0.1, 0.15) is 11.6 Å². The smallest absolute Gasteiger partial charge is 0.311 e. The molecule has 1 aliphatic carbocycles. The van der Waals surface area contributed by atoms with Gasteiger partial charge in [-0.25, -0.2) is 4.39 Å². The first kappa shape index (κ1) is 19.2. The quantitative estimate of drug-likeness (QED) is 0.690. The molecule has 28 heavy (non-hydrogen) atoms. The molecule has 1 spiro atoms. The molecule has 2 aliphatic heterocycles. The van der Waals surface area contributed by atoms with Crippen LogP contribution in [0.2, 0.25) is 0 Å². The number of nitrogens with zero attached hydrogens (tertiary/aromatic N) is 1. The molecule has 6 nitrogen and oxygen atoms in total. The molecule has 3 fully saturated rings. The van der Waals surface area contributed by atoms with Crippen LogP contribution in [0.5, 0.6) is 5.75 Å². The van der Waals surface area contributed by atoms with E-state index >= 15 is 0 Å². The van der Waals surface area contributed by atoms with Gasteiger partial charge in [0, 0.05) is 37.2 Å². The second-order valence-electron chi connectivity index (χ2n) is 8.61. The summed E-state index contributed by atoms with van der Waals surface area (Å²) in [6.45, 7) is 2.41. The maximum Gasteiger partial charge on any atom is 0.311 e. The molecule has 7 heteroatoms. The van der Waals surface area contributed by atoms with Gasteiger partial charge in [-0.3, -0.25) is 9.59 Å². The van der Waals surface area contributed by atoms with Gasteiger partial charge in [-0.1, -0.05) is 0 Å². The normalized spacial score (nSPS) is 26.1. The first-order chi connectivity index (χ1) is 13.4. The number of benzene rings is 1. The molecule has 2 unspecified atom stereocenters. The van der Waals surface area contributed by atoms with Gasteiger partial charge in [-0.05, 0) is 68.7 Å². The van der Waals surface area contributed by atoms with Gasteiger partial charge in [0.25, 0.3) is 0 Å². The van der Waals surface area contributed by atoms with Crippen LogP contribution in [0.15, 0.2) is 18.2 Å². The molecule has 2 saturated heterocycles. The van der Waals surface area contributed by atoms with E-state index in [1.165, 1.54) is 25.0 Å². The number of phenolic OH excluding ortho intramolecular Hbond substituents is 1. The van der Waals surface area contributed by atoms with Gasteiger partial charge < -0.3 is 20.6 Å². The molecule has 2 atom stereocenters. The van der Waals surface area contributed by atoms with Gasteiger partial charge in [0.2, 0.25) is 0 Å². The average Bonchev–Trinajstić information content (AvgIpc) is 3.43. The van der Waals surface area contributed by atoms with Crippen molar-refractivity contribution in [2.45, 2.75) is 50.0 Å². The molecule has 0 radical (unpaired) electrons. The summed E-state index contributed by atoms with van der Waals surface area (Å²) in [6.07, 6.45) is 6.05. The number of aromatic hydroxyl groups is 1. The van der Waals surface area contributed by atoms with Gasteiger partial charge in [0.15, 0.2) is 0 Å². The highest BCUT2D eigenvalue weighted by Gasteiger charge is 2.45. The minimum Gasteiger partial charge on any atom is -0.508 e. The first-order valence-corrected chi connectivity index (χ1v) is 10.3. The Morgan fingerprint density at radius 3 is 2.86 bits per heavy atom. The molecule has 2 amide bonds. The Bertz CT molecular complexity index is 745. The zero-order chi connectivity index (χ0) is 19.7. The van der Waals surface area contributed by atoms with Crippen LogP contribution in [-0.2, 0) is 9.59 Å². The number of amides is 2. The number of hydrogen-bond acceptors (Lipinski definition) is 4. The maximum absolute atomic E-state index is 13.6. The fraction of sp³-hybridized carbons (Fsp3) is 0.619. The van der Waals surface area contributed by atoms with E-state index < -0.39 is 17.6 Å². The van der Waals surface area contributed by atoms with Crippen molar-refractivity contribution in [3.63, 3.8) is 0 Å². The van der Waals surface area contributed by atoms with Crippen molar-refractivity contribution >= 4 is 11.8 Å². The average molecular weight is 389 g/mol. The molecule has 1 saturated carbocycles. The summed E-state index contributed by atoms with van der Waals surface area (Å²) >= 11 is 0. The number of hydrogen-bond donors (Lipinski definition) is 3. The first-order valence-electron chi connectivity index (χ1n) is 10.3. The van der Waals surface area contributed by atoms with Crippen LogP contribution in [0.3, 0.4) is 0 Å². The van der Waals surface area contributed by atoms with Crippen molar-refractivity contribution in [2.75, 3.05) is 26.2 Å². The Morgan fingerprint density at radius 2 is 2.11 bits per heavy atom. The minimum absolute atomic E-state index is 0.0776. The molecule has 1 aromatic rings. The number of rotatable bonds is 3. The number of piperidine rings is 2. The van der Waals surface area contributed by atoms with E-state index in [-0.39, 0.29) is 11.7 Å². The second kappa shape index (κ2) is 7.70. The van der Waals surface area contributed by atoms with E-state index in [1.807, 2.05) is 0 Å². The summed E-state index contributed by atoms with van der Waals surface area (Å²) in [7, 11) is 0. The van der Waals surface area contributed by atoms with Crippen LogP contribution < -0.4 is 10.6 Å².